The predicted molar refractivity (Wildman–Crippen MR) is 226 cm³/mol. The van der Waals surface area contributed by atoms with Crippen molar-refractivity contribution in [3.05, 3.63) is 60.7 Å². The van der Waals surface area contributed by atoms with Gasteiger partial charge in [-0.15, -0.1) is 0 Å². The maximum absolute atomic E-state index is 15.8. The second-order valence-corrected chi connectivity index (χ2v) is 21.4. The van der Waals surface area contributed by atoms with Crippen LogP contribution in [-0.4, -0.2) is 76.1 Å². The molecule has 2 amide bonds. The van der Waals surface area contributed by atoms with E-state index in [-0.39, 0.29) is 54.0 Å². The van der Waals surface area contributed by atoms with Crippen LogP contribution in [0.4, 0.5) is 0 Å². The van der Waals surface area contributed by atoms with E-state index in [2.05, 4.69) is 17.6 Å². The summed E-state index contributed by atoms with van der Waals surface area (Å²) in [5.74, 6) is -4.11. The summed E-state index contributed by atoms with van der Waals surface area (Å²) in [5.41, 5.74) is -0.292. The van der Waals surface area contributed by atoms with Gasteiger partial charge >= 0.3 is 11.9 Å². The van der Waals surface area contributed by atoms with Gasteiger partial charge in [-0.1, -0.05) is 80.4 Å². The molecule has 0 aliphatic heterocycles. The van der Waals surface area contributed by atoms with Crippen LogP contribution in [0.5, 0.6) is 0 Å². The van der Waals surface area contributed by atoms with Crippen molar-refractivity contribution in [1.29, 1.82) is 0 Å². The summed E-state index contributed by atoms with van der Waals surface area (Å²) in [6.45, 7) is 2.09. The van der Waals surface area contributed by atoms with Gasteiger partial charge in [0.1, 0.15) is 7.14 Å². The maximum Gasteiger partial charge on any atom is 0.307 e. The second-order valence-electron chi connectivity index (χ2n) is 18.4. The minimum atomic E-state index is -3.22. The van der Waals surface area contributed by atoms with E-state index in [1.54, 1.807) is 0 Å². The zero-order valence-corrected chi connectivity index (χ0v) is 35.5. The number of nitrogens with one attached hydrogen (secondary N) is 2. The molecule has 12 atom stereocenters. The van der Waals surface area contributed by atoms with Crippen molar-refractivity contribution in [3.8, 4) is 0 Å². The van der Waals surface area contributed by atoms with Gasteiger partial charge in [0.2, 0.25) is 11.8 Å². The van der Waals surface area contributed by atoms with Crippen LogP contribution in [0.2, 0.25) is 0 Å². The lowest BCUT2D eigenvalue weighted by molar-refractivity contribution is -0.150. The minimum Gasteiger partial charge on any atom is -0.481 e. The zero-order chi connectivity index (χ0) is 41.5. The monoisotopic (exact) mass is 832 g/mol. The third kappa shape index (κ3) is 10.5. The number of aliphatic carboxylic acids is 2. The molecule has 5 saturated carbocycles. The van der Waals surface area contributed by atoms with Gasteiger partial charge in [0.05, 0.1) is 48.1 Å². The van der Waals surface area contributed by atoms with E-state index in [4.69, 9.17) is 9.47 Å². The number of carboxylic acids is 2. The summed E-state index contributed by atoms with van der Waals surface area (Å²) in [6, 6.07) is 19.3. The van der Waals surface area contributed by atoms with Crippen LogP contribution in [0.25, 0.3) is 0 Å². The van der Waals surface area contributed by atoms with Crippen molar-refractivity contribution in [3.63, 3.8) is 0 Å². The fourth-order valence-corrected chi connectivity index (χ4v) is 14.7. The Bertz CT molecular complexity index is 1750. The Morgan fingerprint density at radius 1 is 0.542 bits per heavy atom. The molecule has 4 N–H and O–H groups in total. The largest absolute Gasteiger partial charge is 0.481 e. The Kier molecular flexibility index (Phi) is 14.7. The van der Waals surface area contributed by atoms with Crippen LogP contribution in [0, 0.1) is 29.6 Å². The van der Waals surface area contributed by atoms with E-state index in [9.17, 15) is 29.4 Å². The Morgan fingerprint density at radius 3 is 1.63 bits per heavy atom. The van der Waals surface area contributed by atoms with Gasteiger partial charge in [0, 0.05) is 34.8 Å². The fraction of sp³-hybridized carbons (Fsp3) is 0.660. The number of hydrogen-bond acceptors (Lipinski definition) is 7. The molecule has 0 aromatic heterocycles. The summed E-state index contributed by atoms with van der Waals surface area (Å²) in [7, 11) is -3.22. The second kappa shape index (κ2) is 19.9. The molecule has 0 bridgehead atoms. The van der Waals surface area contributed by atoms with E-state index >= 15 is 4.57 Å². The van der Waals surface area contributed by atoms with Crippen LogP contribution < -0.4 is 21.2 Å². The molecule has 5 aliphatic carbocycles. The van der Waals surface area contributed by atoms with E-state index in [0.717, 1.165) is 74.8 Å². The van der Waals surface area contributed by atoms with E-state index in [1.165, 1.54) is 0 Å². The van der Waals surface area contributed by atoms with Gasteiger partial charge in [-0.3, -0.25) is 19.2 Å². The zero-order valence-electron chi connectivity index (χ0n) is 34.6. The number of benzene rings is 2. The van der Waals surface area contributed by atoms with Crippen LogP contribution in [0.3, 0.4) is 0 Å². The third-order valence-electron chi connectivity index (χ3n) is 14.3. The van der Waals surface area contributed by atoms with Gasteiger partial charge in [-0.2, -0.15) is 0 Å². The van der Waals surface area contributed by atoms with Crippen molar-refractivity contribution < 1.29 is 43.4 Å². The topological polar surface area (TPSA) is 168 Å². The summed E-state index contributed by atoms with van der Waals surface area (Å²) < 4.78 is 29.9. The highest BCUT2D eigenvalue weighted by Gasteiger charge is 2.47. The SMILES string of the molecule is CC1CCC(C(=O)O)C(C(=O)NC2CCCC(OC3CCC(P(=O)(c4ccccc4)c4ccccc4)C(OC4CCCC(NC(=O)C5CCCCC5C(=O)O)C4)C3)C2)C1. The molecule has 11 nitrogen and oxygen atoms in total. The van der Waals surface area contributed by atoms with Crippen LogP contribution >= 0.6 is 7.14 Å². The Balaban J connectivity index is 1.06. The number of carbonyl (C=O) groups is 4. The predicted octanol–water partition coefficient (Wildman–Crippen LogP) is 7.21. The van der Waals surface area contributed by atoms with Gasteiger partial charge in [-0.05, 0) is 102 Å². The average molecular weight is 833 g/mol. The summed E-state index contributed by atoms with van der Waals surface area (Å²) in [6.07, 6.45) is 12.3. The van der Waals surface area contributed by atoms with Crippen molar-refractivity contribution >= 4 is 41.5 Å². The number of hydrogen-bond donors (Lipinski definition) is 4. The molecule has 12 unspecified atom stereocenters. The van der Waals surface area contributed by atoms with Crippen LogP contribution in [0.15, 0.2) is 60.7 Å². The highest BCUT2D eigenvalue weighted by atomic mass is 31.2. The van der Waals surface area contributed by atoms with Gasteiger partial charge in [0.25, 0.3) is 0 Å². The number of amides is 2. The lowest BCUT2D eigenvalue weighted by Crippen LogP contribution is -2.49. The number of rotatable bonds is 13. The quantitative estimate of drug-likeness (QED) is 0.153. The first-order chi connectivity index (χ1) is 28.5. The molecular weight excluding hydrogens is 767 g/mol. The standard InChI is InChI=1S/C47H65N2O9P/c1-30-22-24-40(47(54)55)41(26-30)45(51)49-31-12-10-14-33(27-31)57-35-23-25-43(59(56,36-16-4-2-5-17-36)37-18-6-3-7-19-37)42(29-35)58-34-15-11-13-32(28-34)48-44(50)38-20-8-9-21-39(38)46(52)53/h2-7,16-19,30-35,38-43H,8-15,20-29H2,1H3,(H,48,50)(H,49,51)(H,52,53)(H,54,55). The first kappa shape index (κ1) is 43.6. The molecule has 0 saturated heterocycles. The molecule has 7 rings (SSSR count). The lowest BCUT2D eigenvalue weighted by atomic mass is 9.74. The number of ether oxygens (including phenoxy) is 2. The van der Waals surface area contributed by atoms with Gasteiger partial charge < -0.3 is 34.9 Å². The molecule has 0 spiro atoms. The van der Waals surface area contributed by atoms with Crippen molar-refractivity contribution in [2.45, 2.75) is 165 Å². The summed E-state index contributed by atoms with van der Waals surface area (Å²) in [5, 5.41) is 27.8. The molecule has 12 heteroatoms. The molecular formula is C47H65N2O9P. The van der Waals surface area contributed by atoms with E-state index in [1.807, 2.05) is 60.7 Å². The Morgan fingerprint density at radius 2 is 1.05 bits per heavy atom. The summed E-state index contributed by atoms with van der Waals surface area (Å²) in [4.78, 5) is 51.0. The van der Waals surface area contributed by atoms with Gasteiger partial charge in [0.15, 0.2) is 0 Å². The van der Waals surface area contributed by atoms with Crippen LogP contribution in [0.1, 0.15) is 122 Å². The molecule has 0 radical (unpaired) electrons. The smallest absolute Gasteiger partial charge is 0.307 e. The molecule has 59 heavy (non-hydrogen) atoms. The number of carboxylic acid groups (broad SMARTS) is 2. The highest BCUT2D eigenvalue weighted by Crippen LogP contribution is 2.55. The van der Waals surface area contributed by atoms with Crippen molar-refractivity contribution in [1.82, 2.24) is 10.6 Å². The Hall–Kier alpha value is -3.53. The van der Waals surface area contributed by atoms with Crippen molar-refractivity contribution in [2.75, 3.05) is 0 Å². The molecule has 5 aliphatic rings. The Labute approximate surface area is 349 Å². The fourth-order valence-electron chi connectivity index (χ4n) is 11.2. The van der Waals surface area contributed by atoms with Gasteiger partial charge in [-0.25, -0.2) is 0 Å². The molecule has 322 valence electrons. The molecule has 5 fully saturated rings. The minimum absolute atomic E-state index is 0.0736. The normalized spacial score (nSPS) is 34.3. The van der Waals surface area contributed by atoms with E-state index in [0.29, 0.717) is 57.3 Å². The molecule has 2 aromatic rings. The summed E-state index contributed by atoms with van der Waals surface area (Å²) >= 11 is 0. The highest BCUT2D eigenvalue weighted by molar-refractivity contribution is 7.79. The number of carbonyl (C=O) groups excluding carboxylic acids is 2. The maximum atomic E-state index is 15.8. The first-order valence-electron chi connectivity index (χ1n) is 22.6. The molecule has 0 heterocycles. The van der Waals surface area contributed by atoms with Crippen LogP contribution in [-0.2, 0) is 33.2 Å². The molecule has 2 aromatic carbocycles. The lowest BCUT2D eigenvalue weighted by Gasteiger charge is -2.44. The average Bonchev–Trinajstić information content (AvgIpc) is 3.24. The van der Waals surface area contributed by atoms with Crippen molar-refractivity contribution in [2.24, 2.45) is 29.6 Å². The third-order valence-corrected chi connectivity index (χ3v) is 18.0. The van der Waals surface area contributed by atoms with E-state index < -0.39 is 42.8 Å². The first-order valence-corrected chi connectivity index (χ1v) is 24.3.